The third-order valence-corrected chi connectivity index (χ3v) is 3.52. The molecule has 0 spiro atoms. The van der Waals surface area contributed by atoms with Gasteiger partial charge in [-0.15, -0.1) is 12.1 Å². The van der Waals surface area contributed by atoms with Gasteiger partial charge in [0.2, 0.25) is 0 Å². The Morgan fingerprint density at radius 1 is 1.25 bits per heavy atom. The molecular weight excluding hydrogens is 216 g/mol. The second-order valence-electron chi connectivity index (χ2n) is 4.93. The molecule has 0 amide bonds. The minimum Gasteiger partial charge on any atom is -0.445 e. The molecule has 0 heterocycles. The van der Waals surface area contributed by atoms with Crippen molar-refractivity contribution in [3.8, 4) is 0 Å². The van der Waals surface area contributed by atoms with Crippen LogP contribution in [0.25, 0.3) is 0 Å². The van der Waals surface area contributed by atoms with E-state index in [4.69, 9.17) is 4.74 Å². The maximum atomic E-state index is 12.2. The molecule has 1 nitrogen and oxygen atoms in total. The average molecular weight is 235 g/mol. The fourth-order valence-electron chi connectivity index (χ4n) is 1.97. The lowest BCUT2D eigenvalue weighted by atomic mass is 9.79. The van der Waals surface area contributed by atoms with Crippen molar-refractivity contribution in [2.24, 2.45) is 11.8 Å². The summed E-state index contributed by atoms with van der Waals surface area (Å²) >= 11 is 0. The summed E-state index contributed by atoms with van der Waals surface area (Å²) in [5.74, 6) is 1.18. The van der Waals surface area contributed by atoms with Gasteiger partial charge in [0.05, 0.1) is 6.10 Å². The van der Waals surface area contributed by atoms with Crippen LogP contribution in [0.5, 0.6) is 0 Å². The Balaban J connectivity index is 2.32. The van der Waals surface area contributed by atoms with Crippen molar-refractivity contribution in [1.29, 1.82) is 0 Å². The van der Waals surface area contributed by atoms with Gasteiger partial charge in [-0.2, -0.15) is 0 Å². The Kier molecular flexibility index (Phi) is 4.47. The molecule has 1 aliphatic rings. The van der Waals surface area contributed by atoms with Crippen LogP contribution in [0.1, 0.15) is 33.1 Å². The van der Waals surface area contributed by atoms with E-state index in [1.54, 1.807) is 0 Å². The van der Waals surface area contributed by atoms with Gasteiger partial charge < -0.3 is 17.7 Å². The number of hydrogen-bond acceptors (Lipinski definition) is 1. The first kappa shape index (κ1) is 13.6. The molecule has 1 fully saturated rings. The zero-order chi connectivity index (χ0) is 12.3. The first-order chi connectivity index (χ1) is 7.30. The lowest BCUT2D eigenvalue weighted by Crippen LogP contribution is -2.30. The normalized spacial score (nSPS) is 31.4. The monoisotopic (exact) mass is 235 g/mol. The minimum atomic E-state index is -4.94. The molecule has 0 aliphatic heterocycles. The van der Waals surface area contributed by atoms with Gasteiger partial charge in [-0.3, -0.25) is 0 Å². The van der Waals surface area contributed by atoms with Crippen molar-refractivity contribution >= 4 is 6.98 Å². The van der Waals surface area contributed by atoms with Crippen molar-refractivity contribution in [3.05, 3.63) is 12.1 Å². The SMILES string of the molecule is C=C(COC1CCC(C)C(C)C1)[B-](F)(F)F. The fraction of sp³-hybridized carbons (Fsp3) is 0.818. The highest BCUT2D eigenvalue weighted by Gasteiger charge is 2.29. The quantitative estimate of drug-likeness (QED) is 0.674. The zero-order valence-electron chi connectivity index (χ0n) is 9.89. The molecular formula is C11H19BF3O-. The molecule has 0 aromatic heterocycles. The largest absolute Gasteiger partial charge is 0.507 e. The number of hydrogen-bond donors (Lipinski definition) is 0. The van der Waals surface area contributed by atoms with E-state index in [1.807, 2.05) is 0 Å². The van der Waals surface area contributed by atoms with Crippen molar-refractivity contribution in [2.45, 2.75) is 39.2 Å². The molecule has 0 radical (unpaired) electrons. The Morgan fingerprint density at radius 2 is 1.88 bits per heavy atom. The minimum absolute atomic E-state index is 0.0268. The summed E-state index contributed by atoms with van der Waals surface area (Å²) in [7, 11) is 0. The van der Waals surface area contributed by atoms with E-state index in [1.165, 1.54) is 0 Å². The highest BCUT2D eigenvalue weighted by atomic mass is 19.4. The predicted octanol–water partition coefficient (Wildman–Crippen LogP) is 3.77. The molecule has 0 saturated heterocycles. The van der Waals surface area contributed by atoms with Gasteiger partial charge in [0.15, 0.2) is 0 Å². The third-order valence-electron chi connectivity index (χ3n) is 3.52. The van der Waals surface area contributed by atoms with E-state index in [2.05, 4.69) is 20.4 Å². The van der Waals surface area contributed by atoms with Crippen molar-refractivity contribution in [2.75, 3.05) is 6.61 Å². The molecule has 3 unspecified atom stereocenters. The summed E-state index contributed by atoms with van der Waals surface area (Å²) in [6.07, 6.45) is 2.74. The maximum absolute atomic E-state index is 12.2. The first-order valence-electron chi connectivity index (χ1n) is 5.80. The molecule has 5 heteroatoms. The third kappa shape index (κ3) is 3.85. The predicted molar refractivity (Wildman–Crippen MR) is 60.1 cm³/mol. The van der Waals surface area contributed by atoms with Crippen LogP contribution >= 0.6 is 0 Å². The smallest absolute Gasteiger partial charge is 0.445 e. The van der Waals surface area contributed by atoms with Crippen LogP contribution in [-0.4, -0.2) is 19.7 Å². The van der Waals surface area contributed by atoms with Crippen LogP contribution in [0, 0.1) is 11.8 Å². The van der Waals surface area contributed by atoms with Gasteiger partial charge in [-0.1, -0.05) is 13.8 Å². The molecule has 94 valence electrons. The Bertz CT molecular complexity index is 252. The number of ether oxygens (including phenoxy) is 1. The van der Waals surface area contributed by atoms with Gasteiger partial charge in [-0.25, -0.2) is 0 Å². The standard InChI is InChI=1S/C11H19BF3O/c1-8-4-5-11(6-9(8)2)16-7-10(3)12(13,14)15/h8-9,11H,3-7H2,1-2H3/q-1. The Labute approximate surface area is 95.1 Å². The zero-order valence-corrected chi connectivity index (χ0v) is 9.89. The van der Waals surface area contributed by atoms with Gasteiger partial charge in [0, 0.05) is 6.61 Å². The van der Waals surface area contributed by atoms with Crippen LogP contribution in [-0.2, 0) is 4.74 Å². The van der Waals surface area contributed by atoms with E-state index in [0.717, 1.165) is 19.3 Å². The van der Waals surface area contributed by atoms with Crippen LogP contribution in [0.15, 0.2) is 12.1 Å². The number of halogens is 3. The second kappa shape index (κ2) is 5.26. The molecule has 3 atom stereocenters. The highest BCUT2D eigenvalue weighted by Crippen LogP contribution is 2.31. The van der Waals surface area contributed by atoms with E-state index in [9.17, 15) is 12.9 Å². The molecule has 0 aromatic rings. The molecule has 16 heavy (non-hydrogen) atoms. The van der Waals surface area contributed by atoms with E-state index >= 15 is 0 Å². The van der Waals surface area contributed by atoms with Gasteiger partial charge in [-0.05, 0) is 31.1 Å². The summed E-state index contributed by atoms with van der Waals surface area (Å²) < 4.78 is 42.0. The van der Waals surface area contributed by atoms with Crippen LogP contribution < -0.4 is 0 Å². The topological polar surface area (TPSA) is 9.23 Å². The van der Waals surface area contributed by atoms with Gasteiger partial charge >= 0.3 is 6.98 Å². The van der Waals surface area contributed by atoms with Gasteiger partial charge in [0.25, 0.3) is 0 Å². The van der Waals surface area contributed by atoms with E-state index < -0.39 is 12.4 Å². The lowest BCUT2D eigenvalue weighted by Gasteiger charge is -2.32. The highest BCUT2D eigenvalue weighted by molar-refractivity contribution is 6.66. The number of rotatable bonds is 4. The summed E-state index contributed by atoms with van der Waals surface area (Å²) in [4.78, 5) is 0. The second-order valence-corrected chi connectivity index (χ2v) is 4.93. The molecule has 0 aromatic carbocycles. The van der Waals surface area contributed by atoms with Crippen LogP contribution in [0.3, 0.4) is 0 Å². The lowest BCUT2D eigenvalue weighted by molar-refractivity contribution is 0.0150. The van der Waals surface area contributed by atoms with Crippen LogP contribution in [0.4, 0.5) is 12.9 Å². The summed E-state index contributed by atoms with van der Waals surface area (Å²) in [6, 6.07) is 0. The summed E-state index contributed by atoms with van der Waals surface area (Å²) in [5, 5.41) is 0. The molecule has 0 N–H and O–H groups in total. The maximum Gasteiger partial charge on any atom is 0.507 e. The van der Waals surface area contributed by atoms with E-state index in [0.29, 0.717) is 11.8 Å². The first-order valence-corrected chi connectivity index (χ1v) is 5.80. The van der Waals surface area contributed by atoms with Crippen molar-refractivity contribution in [1.82, 2.24) is 0 Å². The molecule has 0 bridgehead atoms. The fourth-order valence-corrected chi connectivity index (χ4v) is 1.97. The Morgan fingerprint density at radius 3 is 2.38 bits per heavy atom. The van der Waals surface area contributed by atoms with E-state index in [-0.39, 0.29) is 12.7 Å². The molecule has 1 aliphatic carbocycles. The van der Waals surface area contributed by atoms with Crippen LogP contribution in [0.2, 0.25) is 0 Å². The van der Waals surface area contributed by atoms with Gasteiger partial charge in [0.1, 0.15) is 0 Å². The van der Waals surface area contributed by atoms with Crippen molar-refractivity contribution < 1.29 is 17.7 Å². The molecule has 1 rings (SSSR count). The Hall–Kier alpha value is -0.445. The summed E-state index contributed by atoms with van der Waals surface area (Å²) in [5.41, 5.74) is -0.730. The molecule has 1 saturated carbocycles. The summed E-state index contributed by atoms with van der Waals surface area (Å²) in [6.45, 7) is 2.02. The van der Waals surface area contributed by atoms with Crippen molar-refractivity contribution in [3.63, 3.8) is 0 Å². The average Bonchev–Trinajstić information content (AvgIpc) is 2.18.